The van der Waals surface area contributed by atoms with Crippen molar-refractivity contribution >= 4 is 11.8 Å². The zero-order valence-electron chi connectivity index (χ0n) is 7.02. The average molecular weight is 169 g/mol. The standard InChI is InChI=1S/C8H11NO3/c1-5(6(2)10)9-7(11)3-4-8(9)12/h3-6,10H,1-2H3. The molecular weight excluding hydrogens is 158 g/mol. The Morgan fingerprint density at radius 1 is 1.25 bits per heavy atom. The van der Waals surface area contributed by atoms with Crippen LogP contribution in [0.15, 0.2) is 12.2 Å². The van der Waals surface area contributed by atoms with Crippen molar-refractivity contribution in [1.29, 1.82) is 0 Å². The Morgan fingerprint density at radius 2 is 1.67 bits per heavy atom. The first-order valence-electron chi connectivity index (χ1n) is 3.77. The maximum atomic E-state index is 11.0. The minimum Gasteiger partial charge on any atom is -0.391 e. The summed E-state index contributed by atoms with van der Waals surface area (Å²) in [6.07, 6.45) is 1.72. The third-order valence-electron chi connectivity index (χ3n) is 1.95. The fraction of sp³-hybridized carbons (Fsp3) is 0.500. The molecule has 0 spiro atoms. The van der Waals surface area contributed by atoms with Crippen LogP contribution in [0, 0.1) is 0 Å². The maximum absolute atomic E-state index is 11.0. The van der Waals surface area contributed by atoms with Crippen molar-refractivity contribution in [2.24, 2.45) is 0 Å². The first kappa shape index (κ1) is 8.93. The highest BCUT2D eigenvalue weighted by molar-refractivity contribution is 6.13. The normalized spacial score (nSPS) is 21.8. The number of hydrogen-bond donors (Lipinski definition) is 1. The van der Waals surface area contributed by atoms with Gasteiger partial charge in [0.1, 0.15) is 0 Å². The topological polar surface area (TPSA) is 57.6 Å². The Hall–Kier alpha value is -1.16. The molecule has 4 heteroatoms. The summed E-state index contributed by atoms with van der Waals surface area (Å²) in [6.45, 7) is 3.18. The van der Waals surface area contributed by atoms with E-state index < -0.39 is 12.1 Å². The lowest BCUT2D eigenvalue weighted by Crippen LogP contribution is -2.43. The van der Waals surface area contributed by atoms with Gasteiger partial charge in [0.05, 0.1) is 12.1 Å². The summed E-state index contributed by atoms with van der Waals surface area (Å²) in [7, 11) is 0. The molecule has 1 aliphatic rings. The van der Waals surface area contributed by atoms with E-state index in [1.807, 2.05) is 0 Å². The van der Waals surface area contributed by atoms with Gasteiger partial charge < -0.3 is 5.11 Å². The zero-order chi connectivity index (χ0) is 9.30. The second kappa shape index (κ2) is 3.06. The largest absolute Gasteiger partial charge is 0.391 e. The molecule has 2 unspecified atom stereocenters. The predicted octanol–water partition coefficient (Wildman–Crippen LogP) is -0.319. The SMILES string of the molecule is CC(O)C(C)N1C(=O)C=CC1=O. The van der Waals surface area contributed by atoms with Gasteiger partial charge >= 0.3 is 0 Å². The monoisotopic (exact) mass is 169 g/mol. The van der Waals surface area contributed by atoms with Gasteiger partial charge in [0, 0.05) is 12.2 Å². The van der Waals surface area contributed by atoms with E-state index in [4.69, 9.17) is 5.11 Å². The second-order valence-electron chi connectivity index (χ2n) is 2.86. The Balaban J connectivity index is 2.76. The fourth-order valence-corrected chi connectivity index (χ4v) is 1.03. The molecule has 12 heavy (non-hydrogen) atoms. The lowest BCUT2D eigenvalue weighted by Gasteiger charge is -2.24. The van der Waals surface area contributed by atoms with E-state index in [0.29, 0.717) is 0 Å². The van der Waals surface area contributed by atoms with Gasteiger partial charge in [0.2, 0.25) is 0 Å². The number of carbonyl (C=O) groups excluding carboxylic acids is 2. The molecular formula is C8H11NO3. The number of nitrogens with zero attached hydrogens (tertiary/aromatic N) is 1. The van der Waals surface area contributed by atoms with Crippen molar-refractivity contribution in [3.63, 3.8) is 0 Å². The smallest absolute Gasteiger partial charge is 0.253 e. The van der Waals surface area contributed by atoms with E-state index in [1.54, 1.807) is 13.8 Å². The predicted molar refractivity (Wildman–Crippen MR) is 42.1 cm³/mol. The summed E-state index contributed by atoms with van der Waals surface area (Å²) in [5, 5.41) is 9.14. The van der Waals surface area contributed by atoms with Gasteiger partial charge in [-0.1, -0.05) is 0 Å². The highest BCUT2D eigenvalue weighted by Gasteiger charge is 2.30. The second-order valence-corrected chi connectivity index (χ2v) is 2.86. The quantitative estimate of drug-likeness (QED) is 0.576. The summed E-state index contributed by atoms with van der Waals surface area (Å²) < 4.78 is 0. The highest BCUT2D eigenvalue weighted by atomic mass is 16.3. The zero-order valence-corrected chi connectivity index (χ0v) is 7.02. The van der Waals surface area contributed by atoms with Crippen molar-refractivity contribution < 1.29 is 14.7 Å². The first-order chi connectivity index (χ1) is 5.54. The van der Waals surface area contributed by atoms with Gasteiger partial charge in [-0.3, -0.25) is 14.5 Å². The summed E-state index contributed by atoms with van der Waals surface area (Å²) in [5.74, 6) is -0.707. The van der Waals surface area contributed by atoms with Crippen molar-refractivity contribution in [3.8, 4) is 0 Å². The fourth-order valence-electron chi connectivity index (χ4n) is 1.03. The molecule has 4 nitrogen and oxygen atoms in total. The van der Waals surface area contributed by atoms with E-state index >= 15 is 0 Å². The summed E-state index contributed by atoms with van der Waals surface area (Å²) in [5.41, 5.74) is 0. The van der Waals surface area contributed by atoms with E-state index in [2.05, 4.69) is 0 Å². The molecule has 2 amide bonds. The minimum absolute atomic E-state index is 0.353. The van der Waals surface area contributed by atoms with Gasteiger partial charge in [0.25, 0.3) is 11.8 Å². The van der Waals surface area contributed by atoms with Crippen molar-refractivity contribution in [2.75, 3.05) is 0 Å². The van der Waals surface area contributed by atoms with Crippen LogP contribution in [0.2, 0.25) is 0 Å². The molecule has 1 heterocycles. The van der Waals surface area contributed by atoms with Crippen molar-refractivity contribution in [1.82, 2.24) is 4.90 Å². The Kier molecular flexibility index (Phi) is 2.28. The molecule has 0 aromatic carbocycles. The lowest BCUT2D eigenvalue weighted by atomic mass is 10.2. The number of aliphatic hydroxyl groups excluding tert-OH is 1. The van der Waals surface area contributed by atoms with Crippen LogP contribution in [-0.4, -0.2) is 34.0 Å². The number of aliphatic hydroxyl groups is 1. The van der Waals surface area contributed by atoms with Gasteiger partial charge in [-0.2, -0.15) is 0 Å². The van der Waals surface area contributed by atoms with Crippen molar-refractivity contribution in [3.05, 3.63) is 12.2 Å². The molecule has 0 bridgehead atoms. The Bertz CT molecular complexity index is 227. The number of rotatable bonds is 2. The average Bonchev–Trinajstić information content (AvgIpc) is 2.30. The van der Waals surface area contributed by atoms with Crippen LogP contribution in [0.1, 0.15) is 13.8 Å². The van der Waals surface area contributed by atoms with Crippen LogP contribution in [-0.2, 0) is 9.59 Å². The molecule has 0 fully saturated rings. The van der Waals surface area contributed by atoms with E-state index in [0.717, 1.165) is 4.90 Å². The minimum atomic E-state index is -0.696. The van der Waals surface area contributed by atoms with Crippen molar-refractivity contribution in [2.45, 2.75) is 26.0 Å². The van der Waals surface area contributed by atoms with Crippen LogP contribution in [0.5, 0.6) is 0 Å². The van der Waals surface area contributed by atoms with Gasteiger partial charge in [-0.25, -0.2) is 0 Å². The van der Waals surface area contributed by atoms with Crippen LogP contribution >= 0.6 is 0 Å². The summed E-state index contributed by atoms with van der Waals surface area (Å²) in [6, 6.07) is -0.458. The van der Waals surface area contributed by atoms with E-state index in [1.165, 1.54) is 12.2 Å². The molecule has 1 N–H and O–H groups in total. The van der Waals surface area contributed by atoms with E-state index in [9.17, 15) is 9.59 Å². The molecule has 0 radical (unpaired) electrons. The van der Waals surface area contributed by atoms with Gasteiger partial charge in [0.15, 0.2) is 0 Å². The maximum Gasteiger partial charge on any atom is 0.253 e. The molecule has 2 atom stereocenters. The summed E-state index contributed by atoms with van der Waals surface area (Å²) in [4.78, 5) is 23.1. The van der Waals surface area contributed by atoms with Crippen LogP contribution in [0.25, 0.3) is 0 Å². The molecule has 0 saturated carbocycles. The number of imide groups is 1. The van der Waals surface area contributed by atoms with E-state index in [-0.39, 0.29) is 11.8 Å². The third-order valence-corrected chi connectivity index (χ3v) is 1.95. The van der Waals surface area contributed by atoms with Gasteiger partial charge in [-0.15, -0.1) is 0 Å². The number of carbonyl (C=O) groups is 2. The molecule has 66 valence electrons. The molecule has 0 aromatic heterocycles. The van der Waals surface area contributed by atoms with Gasteiger partial charge in [-0.05, 0) is 13.8 Å². The number of amides is 2. The lowest BCUT2D eigenvalue weighted by molar-refractivity contribution is -0.141. The molecule has 0 aliphatic carbocycles. The Morgan fingerprint density at radius 3 is 2.00 bits per heavy atom. The molecule has 0 saturated heterocycles. The van der Waals surface area contributed by atoms with Crippen LogP contribution < -0.4 is 0 Å². The molecule has 0 aromatic rings. The summed E-state index contributed by atoms with van der Waals surface area (Å²) >= 11 is 0. The first-order valence-corrected chi connectivity index (χ1v) is 3.77. The third kappa shape index (κ3) is 1.38. The molecule has 1 aliphatic heterocycles. The van der Waals surface area contributed by atoms with Crippen LogP contribution in [0.3, 0.4) is 0 Å². The van der Waals surface area contributed by atoms with Crippen LogP contribution in [0.4, 0.5) is 0 Å². The molecule has 1 rings (SSSR count). The highest BCUT2D eigenvalue weighted by Crippen LogP contribution is 2.11. The number of hydrogen-bond acceptors (Lipinski definition) is 3. The Labute approximate surface area is 70.5 Å².